The van der Waals surface area contributed by atoms with Crippen LogP contribution in [-0.4, -0.2) is 46.9 Å². The van der Waals surface area contributed by atoms with E-state index >= 15 is 0 Å². The number of hydrogen-bond acceptors (Lipinski definition) is 3. The van der Waals surface area contributed by atoms with Gasteiger partial charge < -0.3 is 15.4 Å². The standard InChI is InChI=1S/C19H29N3O2S/c1-3-25(23)17-9-6-8-15(12-17)22-19(20-2)21-13-16-11-14-7-4-5-10-18(14)24-16/h4-5,7,10,15-17H,3,6,8-9,11-13H2,1-2H3,(H2,20,21,22). The van der Waals surface area contributed by atoms with Crippen LogP contribution in [0.15, 0.2) is 29.3 Å². The first-order valence-electron chi connectivity index (χ1n) is 9.28. The number of hydrogen-bond donors (Lipinski definition) is 2. The van der Waals surface area contributed by atoms with E-state index in [1.807, 2.05) is 19.1 Å². The molecule has 0 aromatic heterocycles. The van der Waals surface area contributed by atoms with E-state index in [0.29, 0.717) is 11.3 Å². The molecule has 1 aromatic rings. The van der Waals surface area contributed by atoms with E-state index in [-0.39, 0.29) is 6.10 Å². The predicted octanol–water partition coefficient (Wildman–Crippen LogP) is 2.23. The molecule has 1 aromatic carbocycles. The highest BCUT2D eigenvalue weighted by atomic mass is 32.2. The molecule has 0 saturated heterocycles. The Balaban J connectivity index is 1.46. The summed E-state index contributed by atoms with van der Waals surface area (Å²) in [5, 5.41) is 7.22. The highest BCUT2D eigenvalue weighted by Gasteiger charge is 2.27. The topological polar surface area (TPSA) is 62.7 Å². The highest BCUT2D eigenvalue weighted by Crippen LogP contribution is 2.27. The van der Waals surface area contributed by atoms with Gasteiger partial charge in [-0.1, -0.05) is 31.5 Å². The second-order valence-corrected chi connectivity index (χ2v) is 8.81. The number of nitrogens with one attached hydrogen (secondary N) is 2. The summed E-state index contributed by atoms with van der Waals surface area (Å²) in [6.07, 6.45) is 5.37. The molecule has 1 aliphatic carbocycles. The zero-order chi connectivity index (χ0) is 17.6. The van der Waals surface area contributed by atoms with Crippen LogP contribution in [0.2, 0.25) is 0 Å². The van der Waals surface area contributed by atoms with Gasteiger partial charge in [-0.2, -0.15) is 0 Å². The smallest absolute Gasteiger partial charge is 0.191 e. The van der Waals surface area contributed by atoms with Crippen LogP contribution in [0.5, 0.6) is 5.75 Å². The summed E-state index contributed by atoms with van der Waals surface area (Å²) in [6, 6.07) is 8.56. The van der Waals surface area contributed by atoms with Gasteiger partial charge in [-0.3, -0.25) is 9.20 Å². The van der Waals surface area contributed by atoms with Crippen LogP contribution in [0, 0.1) is 0 Å². The third-order valence-corrected chi connectivity index (χ3v) is 6.80. The first-order valence-corrected chi connectivity index (χ1v) is 10.7. The minimum atomic E-state index is -0.700. The van der Waals surface area contributed by atoms with Gasteiger partial charge >= 0.3 is 0 Å². The maximum absolute atomic E-state index is 12.1. The molecule has 0 radical (unpaired) electrons. The maximum Gasteiger partial charge on any atom is 0.191 e. The first kappa shape index (κ1) is 18.2. The maximum atomic E-state index is 12.1. The zero-order valence-electron chi connectivity index (χ0n) is 15.2. The molecule has 4 unspecified atom stereocenters. The van der Waals surface area contributed by atoms with Crippen molar-refractivity contribution >= 4 is 16.8 Å². The molecule has 5 nitrogen and oxygen atoms in total. The van der Waals surface area contributed by atoms with Gasteiger partial charge in [0.2, 0.25) is 0 Å². The molecule has 0 amide bonds. The minimum absolute atomic E-state index is 0.141. The second-order valence-electron chi connectivity index (χ2n) is 6.80. The Morgan fingerprint density at radius 1 is 1.36 bits per heavy atom. The number of guanidine groups is 1. The van der Waals surface area contributed by atoms with Crippen molar-refractivity contribution in [1.29, 1.82) is 0 Å². The fraction of sp³-hybridized carbons (Fsp3) is 0.632. The Morgan fingerprint density at radius 2 is 2.20 bits per heavy atom. The second kappa shape index (κ2) is 8.70. The molecule has 1 aliphatic heterocycles. The highest BCUT2D eigenvalue weighted by molar-refractivity contribution is 7.85. The summed E-state index contributed by atoms with van der Waals surface area (Å²) in [5.74, 6) is 2.56. The van der Waals surface area contributed by atoms with Crippen molar-refractivity contribution in [3.63, 3.8) is 0 Å². The van der Waals surface area contributed by atoms with Crippen molar-refractivity contribution in [3.05, 3.63) is 29.8 Å². The van der Waals surface area contributed by atoms with E-state index < -0.39 is 10.8 Å². The van der Waals surface area contributed by atoms with E-state index in [2.05, 4.69) is 27.8 Å². The summed E-state index contributed by atoms with van der Waals surface area (Å²) in [7, 11) is 1.10. The van der Waals surface area contributed by atoms with Crippen molar-refractivity contribution in [1.82, 2.24) is 10.6 Å². The number of rotatable bonds is 5. The Bertz CT molecular complexity index is 610. The molecule has 0 bridgehead atoms. The van der Waals surface area contributed by atoms with E-state index in [9.17, 15) is 4.21 Å². The van der Waals surface area contributed by atoms with Crippen LogP contribution in [0.3, 0.4) is 0 Å². The molecule has 2 aliphatic rings. The van der Waals surface area contributed by atoms with Gasteiger partial charge in [0.25, 0.3) is 0 Å². The molecule has 0 spiro atoms. The van der Waals surface area contributed by atoms with E-state index in [1.165, 1.54) is 5.56 Å². The van der Waals surface area contributed by atoms with Gasteiger partial charge in [0, 0.05) is 41.3 Å². The van der Waals surface area contributed by atoms with Crippen LogP contribution < -0.4 is 15.4 Å². The first-order chi connectivity index (χ1) is 12.2. The van der Waals surface area contributed by atoms with Crippen molar-refractivity contribution in [2.75, 3.05) is 19.3 Å². The molecular formula is C19H29N3O2S. The van der Waals surface area contributed by atoms with Crippen LogP contribution in [-0.2, 0) is 17.2 Å². The largest absolute Gasteiger partial charge is 0.488 e. The minimum Gasteiger partial charge on any atom is -0.488 e. The van der Waals surface area contributed by atoms with Crippen molar-refractivity contribution < 1.29 is 8.95 Å². The summed E-state index contributed by atoms with van der Waals surface area (Å²) in [5.41, 5.74) is 1.27. The molecule has 1 fully saturated rings. The lowest BCUT2D eigenvalue weighted by Crippen LogP contribution is -2.48. The van der Waals surface area contributed by atoms with Gasteiger partial charge in [0.05, 0.1) is 6.54 Å². The van der Waals surface area contributed by atoms with Gasteiger partial charge in [0.15, 0.2) is 5.96 Å². The van der Waals surface area contributed by atoms with Gasteiger partial charge in [-0.25, -0.2) is 0 Å². The number of para-hydroxylation sites is 1. The van der Waals surface area contributed by atoms with Crippen molar-refractivity contribution in [2.45, 2.75) is 56.4 Å². The molecular weight excluding hydrogens is 334 g/mol. The van der Waals surface area contributed by atoms with Gasteiger partial charge in [-0.05, 0) is 30.9 Å². The van der Waals surface area contributed by atoms with Crippen LogP contribution in [0.4, 0.5) is 0 Å². The van der Waals surface area contributed by atoms with Gasteiger partial charge in [-0.15, -0.1) is 0 Å². The van der Waals surface area contributed by atoms with E-state index in [4.69, 9.17) is 4.74 Å². The fourth-order valence-electron chi connectivity index (χ4n) is 3.72. The molecule has 6 heteroatoms. The quantitative estimate of drug-likeness (QED) is 0.622. The molecule has 1 saturated carbocycles. The fourth-order valence-corrected chi connectivity index (χ4v) is 5.06. The Hall–Kier alpha value is -1.56. The van der Waals surface area contributed by atoms with Crippen LogP contribution in [0.25, 0.3) is 0 Å². The van der Waals surface area contributed by atoms with E-state index in [1.54, 1.807) is 7.05 Å². The normalized spacial score (nSPS) is 27.3. The lowest BCUT2D eigenvalue weighted by molar-refractivity contribution is 0.234. The van der Waals surface area contributed by atoms with E-state index in [0.717, 1.165) is 56.1 Å². The summed E-state index contributed by atoms with van der Waals surface area (Å²) < 4.78 is 18.1. The molecule has 25 heavy (non-hydrogen) atoms. The predicted molar refractivity (Wildman–Crippen MR) is 104 cm³/mol. The average molecular weight is 364 g/mol. The molecule has 3 rings (SSSR count). The summed E-state index contributed by atoms with van der Waals surface area (Å²) >= 11 is 0. The summed E-state index contributed by atoms with van der Waals surface area (Å²) in [4.78, 5) is 4.35. The molecule has 138 valence electrons. The Morgan fingerprint density at radius 3 is 2.96 bits per heavy atom. The number of benzene rings is 1. The lowest BCUT2D eigenvalue weighted by Gasteiger charge is -2.30. The third kappa shape index (κ3) is 4.75. The zero-order valence-corrected chi connectivity index (χ0v) is 16.0. The van der Waals surface area contributed by atoms with Crippen LogP contribution in [0.1, 0.15) is 38.2 Å². The van der Waals surface area contributed by atoms with Crippen molar-refractivity contribution in [2.24, 2.45) is 4.99 Å². The van der Waals surface area contributed by atoms with Crippen molar-refractivity contribution in [3.8, 4) is 5.75 Å². The number of fused-ring (bicyclic) bond motifs is 1. The Kier molecular flexibility index (Phi) is 6.34. The molecule has 4 atom stereocenters. The molecule has 2 N–H and O–H groups in total. The third-order valence-electron chi connectivity index (χ3n) is 5.06. The SMILES string of the molecule is CCS(=O)C1CCCC(NC(=NC)NCC2Cc3ccccc3O2)C1. The van der Waals surface area contributed by atoms with Crippen LogP contribution >= 0.6 is 0 Å². The van der Waals surface area contributed by atoms with Gasteiger partial charge in [0.1, 0.15) is 11.9 Å². The number of ether oxygens (including phenoxy) is 1. The summed E-state index contributed by atoms with van der Waals surface area (Å²) in [6.45, 7) is 2.73. The number of aliphatic imine (C=N–C) groups is 1. The average Bonchev–Trinajstić information content (AvgIpc) is 3.07. The Labute approximate surface area is 153 Å². The lowest BCUT2D eigenvalue weighted by atomic mass is 9.95. The monoisotopic (exact) mass is 363 g/mol. The number of nitrogens with zero attached hydrogens (tertiary/aromatic N) is 1. The molecule has 1 heterocycles.